The maximum atomic E-state index is 12.4. The number of carbonyl (C=O) groups excluding carboxylic acids is 3. The van der Waals surface area contributed by atoms with Gasteiger partial charge in [-0.25, -0.2) is 0 Å². The van der Waals surface area contributed by atoms with Gasteiger partial charge in [-0.1, -0.05) is 30.3 Å². The van der Waals surface area contributed by atoms with Gasteiger partial charge in [-0.15, -0.1) is 0 Å². The van der Waals surface area contributed by atoms with E-state index >= 15 is 0 Å². The molecule has 1 unspecified atom stereocenters. The van der Waals surface area contributed by atoms with Crippen LogP contribution in [-0.4, -0.2) is 49.9 Å². The highest BCUT2D eigenvalue weighted by molar-refractivity contribution is 5.88. The van der Waals surface area contributed by atoms with E-state index in [2.05, 4.69) is 5.32 Å². The fourth-order valence-corrected chi connectivity index (χ4v) is 3.39. The molecule has 2 N–H and O–H groups in total. The van der Waals surface area contributed by atoms with Crippen molar-refractivity contribution in [3.05, 3.63) is 35.9 Å². The molecule has 0 aliphatic carbocycles. The molecular weight excluding hydrogens is 332 g/mol. The second-order valence-electron chi connectivity index (χ2n) is 6.89. The predicted molar refractivity (Wildman–Crippen MR) is 97.7 cm³/mol. The van der Waals surface area contributed by atoms with Gasteiger partial charge in [0, 0.05) is 0 Å². The average Bonchev–Trinajstić information content (AvgIpc) is 2.62. The SMILES string of the molecule is CCOC(=O)[C@@H]1CCC[NH+](CC(=O)N[C@@H](Cc2ccccc2)C(C)=O)C1. The Labute approximate surface area is 154 Å². The number of esters is 1. The molecular formula is C20H29N2O4+. The van der Waals surface area contributed by atoms with Crippen molar-refractivity contribution in [3.8, 4) is 0 Å². The molecule has 1 aliphatic rings. The van der Waals surface area contributed by atoms with Gasteiger partial charge in [0.05, 0.1) is 25.7 Å². The normalized spacial score (nSPS) is 20.8. The zero-order valence-electron chi connectivity index (χ0n) is 15.6. The van der Waals surface area contributed by atoms with Crippen LogP contribution in [-0.2, 0) is 25.5 Å². The predicted octanol–water partition coefficient (Wildman–Crippen LogP) is 0.161. The number of nitrogens with one attached hydrogen (secondary N) is 2. The number of likely N-dealkylation sites (tertiary alicyclic amines) is 1. The molecule has 6 nitrogen and oxygen atoms in total. The quantitative estimate of drug-likeness (QED) is 0.647. The number of ketones is 1. The molecule has 1 aromatic rings. The van der Waals surface area contributed by atoms with Gasteiger partial charge in [-0.3, -0.25) is 14.4 Å². The molecule has 1 fully saturated rings. The third-order valence-electron chi connectivity index (χ3n) is 4.76. The van der Waals surface area contributed by atoms with Crippen molar-refractivity contribution in [2.24, 2.45) is 5.92 Å². The second kappa shape index (κ2) is 10.1. The fraction of sp³-hybridized carbons (Fsp3) is 0.550. The minimum absolute atomic E-state index is 0.0553. The monoisotopic (exact) mass is 361 g/mol. The second-order valence-corrected chi connectivity index (χ2v) is 6.89. The topological polar surface area (TPSA) is 76.9 Å². The fourth-order valence-electron chi connectivity index (χ4n) is 3.39. The summed E-state index contributed by atoms with van der Waals surface area (Å²) in [6.45, 7) is 5.41. The van der Waals surface area contributed by atoms with Gasteiger partial charge in [0.25, 0.3) is 5.91 Å². The Bertz CT molecular complexity index is 617. The highest BCUT2D eigenvalue weighted by Crippen LogP contribution is 2.09. The van der Waals surface area contributed by atoms with Crippen molar-refractivity contribution >= 4 is 17.7 Å². The van der Waals surface area contributed by atoms with E-state index in [0.717, 1.165) is 29.8 Å². The molecule has 1 saturated heterocycles. The smallest absolute Gasteiger partial charge is 0.314 e. The first-order chi connectivity index (χ1) is 12.5. The Morgan fingerprint density at radius 1 is 1.27 bits per heavy atom. The van der Waals surface area contributed by atoms with Crippen LogP contribution in [0.25, 0.3) is 0 Å². The van der Waals surface area contributed by atoms with Crippen LogP contribution in [0.5, 0.6) is 0 Å². The summed E-state index contributed by atoms with van der Waals surface area (Å²) in [4.78, 5) is 37.3. The minimum Gasteiger partial charge on any atom is -0.466 e. The molecule has 0 aromatic heterocycles. The van der Waals surface area contributed by atoms with Gasteiger partial charge in [-0.05, 0) is 38.7 Å². The van der Waals surface area contributed by atoms with E-state index in [-0.39, 0.29) is 30.1 Å². The van der Waals surface area contributed by atoms with Crippen molar-refractivity contribution in [1.29, 1.82) is 0 Å². The third kappa shape index (κ3) is 6.26. The van der Waals surface area contributed by atoms with E-state index in [0.29, 0.717) is 19.6 Å². The van der Waals surface area contributed by atoms with Crippen molar-refractivity contribution < 1.29 is 24.0 Å². The Hall–Kier alpha value is -2.21. The van der Waals surface area contributed by atoms with Gasteiger partial charge in [0.15, 0.2) is 12.3 Å². The van der Waals surface area contributed by atoms with Gasteiger partial charge < -0.3 is 15.0 Å². The van der Waals surface area contributed by atoms with Gasteiger partial charge >= 0.3 is 5.97 Å². The summed E-state index contributed by atoms with van der Waals surface area (Å²) in [5.74, 6) is -0.517. The summed E-state index contributed by atoms with van der Waals surface area (Å²) in [6.07, 6.45) is 2.20. The first kappa shape index (κ1) is 20.1. The van der Waals surface area contributed by atoms with Crippen molar-refractivity contribution in [3.63, 3.8) is 0 Å². The molecule has 1 aromatic carbocycles. The average molecular weight is 361 g/mol. The Morgan fingerprint density at radius 3 is 2.65 bits per heavy atom. The largest absolute Gasteiger partial charge is 0.466 e. The van der Waals surface area contributed by atoms with Crippen LogP contribution in [0.1, 0.15) is 32.3 Å². The summed E-state index contributed by atoms with van der Waals surface area (Å²) >= 11 is 0. The lowest BCUT2D eigenvalue weighted by atomic mass is 9.98. The summed E-state index contributed by atoms with van der Waals surface area (Å²) in [6, 6.07) is 9.13. The number of carbonyl (C=O) groups is 3. The lowest BCUT2D eigenvalue weighted by Gasteiger charge is -2.28. The molecule has 26 heavy (non-hydrogen) atoms. The number of hydrogen-bond donors (Lipinski definition) is 2. The number of benzene rings is 1. The molecule has 1 heterocycles. The standard InChI is InChI=1S/C20H28N2O4/c1-3-26-20(25)17-10-7-11-22(13-17)14-19(24)21-18(15(2)23)12-16-8-5-4-6-9-16/h4-6,8-9,17-18H,3,7,10-14H2,1-2H3,(H,21,24)/p+1/t17-,18+/m1/s1. The molecule has 3 atom stereocenters. The molecule has 2 rings (SSSR count). The maximum Gasteiger partial charge on any atom is 0.314 e. The zero-order chi connectivity index (χ0) is 18.9. The highest BCUT2D eigenvalue weighted by atomic mass is 16.5. The van der Waals surface area contributed by atoms with E-state index in [4.69, 9.17) is 4.74 Å². The summed E-state index contributed by atoms with van der Waals surface area (Å²) in [5.41, 5.74) is 1.01. The van der Waals surface area contributed by atoms with Crippen LogP contribution in [0.3, 0.4) is 0 Å². The summed E-state index contributed by atoms with van der Waals surface area (Å²) in [7, 11) is 0. The number of Topliss-reactive ketones (excluding diaryl/α,β-unsaturated/α-hetero) is 1. The van der Waals surface area contributed by atoms with Crippen molar-refractivity contribution in [2.75, 3.05) is 26.2 Å². The van der Waals surface area contributed by atoms with Crippen LogP contribution in [0.2, 0.25) is 0 Å². The highest BCUT2D eigenvalue weighted by Gasteiger charge is 2.31. The summed E-state index contributed by atoms with van der Waals surface area (Å²) < 4.78 is 5.10. The Kier molecular flexibility index (Phi) is 7.78. The van der Waals surface area contributed by atoms with Crippen LogP contribution >= 0.6 is 0 Å². The molecule has 0 bridgehead atoms. The first-order valence-corrected chi connectivity index (χ1v) is 9.33. The minimum atomic E-state index is -0.519. The van der Waals surface area contributed by atoms with Gasteiger partial charge in [-0.2, -0.15) is 0 Å². The maximum absolute atomic E-state index is 12.4. The molecule has 0 saturated carbocycles. The Balaban J connectivity index is 1.87. The van der Waals surface area contributed by atoms with E-state index in [1.54, 1.807) is 6.92 Å². The van der Waals surface area contributed by atoms with Crippen LogP contribution in [0.15, 0.2) is 30.3 Å². The number of hydrogen-bond acceptors (Lipinski definition) is 4. The molecule has 142 valence electrons. The molecule has 6 heteroatoms. The number of amides is 1. The van der Waals surface area contributed by atoms with E-state index in [1.165, 1.54) is 6.92 Å². The van der Waals surface area contributed by atoms with Crippen molar-refractivity contribution in [2.45, 2.75) is 39.2 Å². The van der Waals surface area contributed by atoms with Gasteiger partial charge in [0.2, 0.25) is 0 Å². The van der Waals surface area contributed by atoms with E-state index < -0.39 is 6.04 Å². The zero-order valence-corrected chi connectivity index (χ0v) is 15.6. The van der Waals surface area contributed by atoms with Crippen molar-refractivity contribution in [1.82, 2.24) is 5.32 Å². The number of rotatable bonds is 8. The number of quaternary nitrogens is 1. The van der Waals surface area contributed by atoms with E-state index in [1.807, 2.05) is 30.3 Å². The molecule has 1 amide bonds. The van der Waals surface area contributed by atoms with Gasteiger partial charge in [0.1, 0.15) is 5.92 Å². The van der Waals surface area contributed by atoms with Crippen LogP contribution in [0, 0.1) is 5.92 Å². The summed E-state index contributed by atoms with van der Waals surface area (Å²) in [5, 5.41) is 2.86. The van der Waals surface area contributed by atoms with Crippen LogP contribution < -0.4 is 10.2 Å². The third-order valence-corrected chi connectivity index (χ3v) is 4.76. The van der Waals surface area contributed by atoms with E-state index in [9.17, 15) is 14.4 Å². The lowest BCUT2D eigenvalue weighted by molar-refractivity contribution is -0.899. The molecule has 0 spiro atoms. The first-order valence-electron chi connectivity index (χ1n) is 9.33. The Morgan fingerprint density at radius 2 is 2.00 bits per heavy atom. The lowest BCUT2D eigenvalue weighted by Crippen LogP contribution is -3.15. The molecule has 1 aliphatic heterocycles. The van der Waals surface area contributed by atoms with Crippen LogP contribution in [0.4, 0.5) is 0 Å². The number of ether oxygens (including phenoxy) is 1. The number of piperidine rings is 1. The molecule has 0 radical (unpaired) electrons.